The molecule has 9 nitrogen and oxygen atoms in total. The average molecular weight is 558 g/mol. The van der Waals surface area contributed by atoms with Crippen LogP contribution in [0.15, 0.2) is 59.4 Å². The van der Waals surface area contributed by atoms with Crippen LogP contribution in [-0.2, 0) is 28.9 Å². The summed E-state index contributed by atoms with van der Waals surface area (Å²) < 4.78 is 23.5. The van der Waals surface area contributed by atoms with Crippen LogP contribution >= 0.6 is 0 Å². The third kappa shape index (κ3) is 5.48. The molecule has 0 unspecified atom stereocenters. The van der Waals surface area contributed by atoms with Crippen molar-refractivity contribution in [2.75, 3.05) is 20.0 Å². The van der Waals surface area contributed by atoms with Crippen LogP contribution in [0.25, 0.3) is 10.9 Å². The fourth-order valence-electron chi connectivity index (χ4n) is 5.16. The minimum atomic E-state index is -0.644. The van der Waals surface area contributed by atoms with Crippen LogP contribution in [0, 0.1) is 0 Å². The van der Waals surface area contributed by atoms with Gasteiger partial charge >= 0.3 is 11.9 Å². The molecular weight excluding hydrogens is 526 g/mol. The van der Waals surface area contributed by atoms with Gasteiger partial charge in [-0.15, -0.1) is 0 Å². The first kappa shape index (κ1) is 27.8. The summed E-state index contributed by atoms with van der Waals surface area (Å²) in [5, 5.41) is 10.6. The van der Waals surface area contributed by atoms with Crippen molar-refractivity contribution in [3.05, 3.63) is 98.3 Å². The molecule has 4 aromatic rings. The number of hydrogen-bond donors (Lipinski definition) is 1. The maximum atomic E-state index is 14.0. The fourth-order valence-corrected chi connectivity index (χ4v) is 5.16. The topological polar surface area (TPSA) is 113 Å². The van der Waals surface area contributed by atoms with Gasteiger partial charge in [-0.25, -0.2) is 9.59 Å². The highest BCUT2D eigenvalue weighted by atomic mass is 16.7. The summed E-state index contributed by atoms with van der Waals surface area (Å²) in [7, 11) is 0. The number of phenols is 1. The van der Waals surface area contributed by atoms with Crippen LogP contribution in [0.3, 0.4) is 0 Å². The van der Waals surface area contributed by atoms with Crippen molar-refractivity contribution in [3.8, 4) is 17.2 Å². The summed E-state index contributed by atoms with van der Waals surface area (Å²) in [4.78, 5) is 39.9. The quantitative estimate of drug-likeness (QED) is 0.287. The van der Waals surface area contributed by atoms with E-state index >= 15 is 0 Å². The van der Waals surface area contributed by atoms with Crippen LogP contribution in [0.1, 0.15) is 63.9 Å². The Bertz CT molecular complexity index is 1700. The number of aromatic nitrogens is 1. The lowest BCUT2D eigenvalue weighted by atomic mass is 9.97. The van der Waals surface area contributed by atoms with Gasteiger partial charge in [0.05, 0.1) is 24.3 Å². The number of rotatable bonds is 9. The predicted octanol–water partition coefficient (Wildman–Crippen LogP) is 4.99. The third-order valence-electron chi connectivity index (χ3n) is 7.04. The smallest absolute Gasteiger partial charge is 0.355 e. The second kappa shape index (κ2) is 11.8. The van der Waals surface area contributed by atoms with Gasteiger partial charge in [-0.2, -0.15) is 0 Å². The predicted molar refractivity (Wildman–Crippen MR) is 152 cm³/mol. The molecule has 1 aliphatic heterocycles. The SMILES string of the molecule is CCOC(=O)c1cccc(Cc2c(C(=O)OCC)n(Cc3cc4c(cc3CC)OCO4)c3ccc(O)cc3c2=O)c1. The van der Waals surface area contributed by atoms with E-state index in [-0.39, 0.29) is 55.4 Å². The Kier molecular flexibility index (Phi) is 7.96. The van der Waals surface area contributed by atoms with Crippen LogP contribution in [0.5, 0.6) is 17.2 Å². The molecule has 0 spiro atoms. The van der Waals surface area contributed by atoms with Gasteiger partial charge in [-0.05, 0) is 79.4 Å². The minimum absolute atomic E-state index is 0.0492. The number of carbonyl (C=O) groups is 2. The van der Waals surface area contributed by atoms with Crippen molar-refractivity contribution in [1.29, 1.82) is 0 Å². The number of aromatic hydroxyl groups is 1. The first-order valence-corrected chi connectivity index (χ1v) is 13.6. The van der Waals surface area contributed by atoms with E-state index in [2.05, 4.69) is 0 Å². The molecule has 0 atom stereocenters. The van der Waals surface area contributed by atoms with Crippen molar-refractivity contribution in [3.63, 3.8) is 0 Å². The summed E-state index contributed by atoms with van der Waals surface area (Å²) in [5.41, 5.74) is 3.24. The molecular formula is C32H31NO8. The van der Waals surface area contributed by atoms with Crippen LogP contribution in [0.2, 0.25) is 0 Å². The molecule has 212 valence electrons. The number of aryl methyl sites for hydroxylation is 1. The number of hydrogen-bond acceptors (Lipinski definition) is 8. The maximum Gasteiger partial charge on any atom is 0.355 e. The Hall–Kier alpha value is -4.79. The van der Waals surface area contributed by atoms with Gasteiger partial charge in [-0.3, -0.25) is 4.79 Å². The zero-order valence-electron chi connectivity index (χ0n) is 23.2. The van der Waals surface area contributed by atoms with E-state index in [1.54, 1.807) is 48.7 Å². The van der Waals surface area contributed by atoms with E-state index < -0.39 is 17.4 Å². The molecule has 0 radical (unpaired) electrons. The average Bonchev–Trinajstić information content (AvgIpc) is 3.43. The number of carbonyl (C=O) groups excluding carboxylic acids is 2. The lowest BCUT2D eigenvalue weighted by Gasteiger charge is -2.21. The molecule has 9 heteroatoms. The molecule has 0 saturated heterocycles. The second-order valence-corrected chi connectivity index (χ2v) is 9.59. The van der Waals surface area contributed by atoms with Gasteiger partial charge in [0.25, 0.3) is 0 Å². The molecule has 5 rings (SSSR count). The Morgan fingerprint density at radius 1 is 0.902 bits per heavy atom. The molecule has 0 fully saturated rings. The summed E-state index contributed by atoms with van der Waals surface area (Å²) in [5.74, 6) is 0.0743. The third-order valence-corrected chi connectivity index (χ3v) is 7.04. The fraction of sp³-hybridized carbons (Fsp3) is 0.281. The second-order valence-electron chi connectivity index (χ2n) is 9.59. The number of benzene rings is 3. The van der Waals surface area contributed by atoms with Gasteiger partial charge in [0.1, 0.15) is 11.4 Å². The summed E-state index contributed by atoms with van der Waals surface area (Å²) in [6, 6.07) is 15.1. The highest BCUT2D eigenvalue weighted by molar-refractivity contribution is 5.94. The van der Waals surface area contributed by atoms with Crippen LogP contribution in [0.4, 0.5) is 0 Å². The summed E-state index contributed by atoms with van der Waals surface area (Å²) >= 11 is 0. The first-order chi connectivity index (χ1) is 19.8. The van der Waals surface area contributed by atoms with Crippen molar-refractivity contribution < 1.29 is 33.6 Å². The van der Waals surface area contributed by atoms with Gasteiger partial charge in [0.2, 0.25) is 6.79 Å². The van der Waals surface area contributed by atoms with Crippen molar-refractivity contribution in [2.45, 2.75) is 40.2 Å². The van der Waals surface area contributed by atoms with Gasteiger partial charge < -0.3 is 28.6 Å². The normalized spacial score (nSPS) is 12.0. The highest BCUT2D eigenvalue weighted by Gasteiger charge is 2.26. The van der Waals surface area contributed by atoms with E-state index in [1.807, 2.05) is 19.1 Å². The molecule has 1 aliphatic rings. The number of phenolic OH excluding ortho intramolecular Hbond substituents is 1. The minimum Gasteiger partial charge on any atom is -0.508 e. The van der Waals surface area contributed by atoms with Gasteiger partial charge in [-0.1, -0.05) is 19.1 Å². The zero-order chi connectivity index (χ0) is 29.1. The number of nitrogens with zero attached hydrogens (tertiary/aromatic N) is 1. The van der Waals surface area contributed by atoms with Crippen LogP contribution in [-0.4, -0.2) is 41.6 Å². The Balaban J connectivity index is 1.74. The van der Waals surface area contributed by atoms with E-state index in [9.17, 15) is 19.5 Å². The van der Waals surface area contributed by atoms with Crippen molar-refractivity contribution in [1.82, 2.24) is 4.57 Å². The summed E-state index contributed by atoms with van der Waals surface area (Å²) in [6.45, 7) is 6.16. The number of ether oxygens (including phenoxy) is 4. The Morgan fingerprint density at radius 3 is 2.32 bits per heavy atom. The van der Waals surface area contributed by atoms with Gasteiger partial charge in [0.15, 0.2) is 16.9 Å². The molecule has 2 heterocycles. The van der Waals surface area contributed by atoms with E-state index in [0.29, 0.717) is 34.6 Å². The monoisotopic (exact) mass is 557 g/mol. The highest BCUT2D eigenvalue weighted by Crippen LogP contribution is 2.36. The number of fused-ring (bicyclic) bond motifs is 2. The molecule has 0 amide bonds. The molecule has 41 heavy (non-hydrogen) atoms. The largest absolute Gasteiger partial charge is 0.508 e. The first-order valence-electron chi connectivity index (χ1n) is 13.6. The van der Waals surface area contributed by atoms with E-state index in [4.69, 9.17) is 18.9 Å². The lowest BCUT2D eigenvalue weighted by Crippen LogP contribution is -2.26. The van der Waals surface area contributed by atoms with Crippen molar-refractivity contribution in [2.24, 2.45) is 0 Å². The number of esters is 2. The zero-order valence-corrected chi connectivity index (χ0v) is 23.2. The summed E-state index contributed by atoms with van der Waals surface area (Å²) in [6.07, 6.45) is 0.751. The molecule has 0 saturated carbocycles. The van der Waals surface area contributed by atoms with E-state index in [0.717, 1.165) is 11.1 Å². The molecule has 3 aromatic carbocycles. The molecule has 1 N–H and O–H groups in total. The Morgan fingerprint density at radius 2 is 1.61 bits per heavy atom. The van der Waals surface area contributed by atoms with Gasteiger partial charge in [0, 0.05) is 23.9 Å². The molecule has 0 aliphatic carbocycles. The lowest BCUT2D eigenvalue weighted by molar-refractivity contribution is 0.0507. The molecule has 0 bridgehead atoms. The standard InChI is InChI=1S/C32H31NO8/c1-4-20-14-27-28(41-18-40-27)15-22(20)17-33-26-11-10-23(34)16-24(26)30(35)25(29(33)32(37)39-6-3)13-19-8-7-9-21(12-19)31(36)38-5-2/h7-12,14-16,34H,4-6,13,17-18H2,1-3H3. The Labute approximate surface area is 236 Å². The van der Waals surface area contributed by atoms with Crippen molar-refractivity contribution >= 4 is 22.8 Å². The van der Waals surface area contributed by atoms with E-state index in [1.165, 1.54) is 12.1 Å². The van der Waals surface area contributed by atoms with Crippen LogP contribution < -0.4 is 14.9 Å². The molecule has 1 aromatic heterocycles. The number of pyridine rings is 1. The maximum absolute atomic E-state index is 14.0.